The Balaban J connectivity index is 2.03. The predicted octanol–water partition coefficient (Wildman–Crippen LogP) is 3.28. The maximum Gasteiger partial charge on any atom is 0.295 e. The molecule has 1 aliphatic rings. The Morgan fingerprint density at radius 3 is 2.52 bits per heavy atom. The third-order valence-corrected chi connectivity index (χ3v) is 5.35. The molecule has 1 fully saturated rings. The first-order valence-corrected chi connectivity index (χ1v) is 10.7. The number of ketones is 1. The van der Waals surface area contributed by atoms with Crippen molar-refractivity contribution in [3.8, 4) is 5.75 Å². The highest BCUT2D eigenvalue weighted by Gasteiger charge is 2.45. The van der Waals surface area contributed by atoms with Crippen molar-refractivity contribution in [1.82, 2.24) is 4.90 Å². The van der Waals surface area contributed by atoms with Gasteiger partial charge in [0.25, 0.3) is 11.7 Å². The fourth-order valence-electron chi connectivity index (χ4n) is 3.49. The highest BCUT2D eigenvalue weighted by molar-refractivity contribution is 9.10. The number of aliphatic hydroxyl groups is 2. The number of nitrogens with zero attached hydrogens (tertiary/aromatic N) is 1. The number of aliphatic hydroxyl groups excluding tert-OH is 2. The lowest BCUT2D eigenvalue weighted by atomic mass is 9.95. The van der Waals surface area contributed by atoms with Gasteiger partial charge < -0.3 is 24.6 Å². The summed E-state index contributed by atoms with van der Waals surface area (Å²) in [6.45, 7) is 2.68. The van der Waals surface area contributed by atoms with Crippen LogP contribution in [0.1, 0.15) is 24.1 Å². The summed E-state index contributed by atoms with van der Waals surface area (Å²) in [5.41, 5.74) is 1.12. The fourth-order valence-corrected chi connectivity index (χ4v) is 3.91. The number of halogens is 1. The van der Waals surface area contributed by atoms with Crippen molar-refractivity contribution in [3.05, 3.63) is 69.7 Å². The van der Waals surface area contributed by atoms with E-state index in [1.807, 2.05) is 19.1 Å². The van der Waals surface area contributed by atoms with Crippen LogP contribution in [0.15, 0.2) is 58.6 Å². The minimum absolute atomic E-state index is 0.0226. The van der Waals surface area contributed by atoms with Crippen molar-refractivity contribution in [2.75, 3.05) is 33.0 Å². The number of carbonyl (C=O) groups is 2. The molecular weight excluding hydrogens is 466 g/mol. The Kier molecular flexibility index (Phi) is 7.84. The molecule has 0 radical (unpaired) electrons. The summed E-state index contributed by atoms with van der Waals surface area (Å²) in [5.74, 6) is -1.06. The molecule has 164 valence electrons. The molecule has 0 aromatic heterocycles. The number of likely N-dealkylation sites (tertiary alicyclic amines) is 1. The molecule has 7 nitrogen and oxygen atoms in total. The summed E-state index contributed by atoms with van der Waals surface area (Å²) in [7, 11) is 0. The predicted molar refractivity (Wildman–Crippen MR) is 119 cm³/mol. The molecule has 0 aliphatic carbocycles. The van der Waals surface area contributed by atoms with Gasteiger partial charge in [-0.15, -0.1) is 0 Å². The molecule has 2 aromatic rings. The van der Waals surface area contributed by atoms with Crippen molar-refractivity contribution in [1.29, 1.82) is 0 Å². The largest absolute Gasteiger partial charge is 0.507 e. The van der Waals surface area contributed by atoms with Crippen molar-refractivity contribution in [2.24, 2.45) is 0 Å². The molecule has 0 bridgehead atoms. The Labute approximate surface area is 189 Å². The standard InChI is InChI=1S/C23H24BrNO6/c1-2-31-18-8-6-15(7-9-18)21(27)19-20(16-4-3-5-17(24)14-16)25(23(29)22(19)28)10-12-30-13-11-26/h3-9,14,20,26-27H,2,10-13H2,1H3/b21-19+. The minimum atomic E-state index is -0.762. The zero-order valence-electron chi connectivity index (χ0n) is 17.1. The number of hydrogen-bond donors (Lipinski definition) is 2. The van der Waals surface area contributed by atoms with E-state index in [1.165, 1.54) is 4.90 Å². The first kappa shape index (κ1) is 23.0. The summed E-state index contributed by atoms with van der Waals surface area (Å²) in [6, 6.07) is 13.2. The highest BCUT2D eigenvalue weighted by atomic mass is 79.9. The van der Waals surface area contributed by atoms with Crippen LogP contribution >= 0.6 is 15.9 Å². The van der Waals surface area contributed by atoms with Gasteiger partial charge in [0.15, 0.2) is 0 Å². The number of rotatable bonds is 9. The van der Waals surface area contributed by atoms with E-state index in [-0.39, 0.29) is 37.7 Å². The summed E-state index contributed by atoms with van der Waals surface area (Å²) in [6.07, 6.45) is 0. The van der Waals surface area contributed by atoms with Gasteiger partial charge >= 0.3 is 0 Å². The molecule has 1 heterocycles. The molecule has 2 aromatic carbocycles. The number of benzene rings is 2. The Bertz CT molecular complexity index is 972. The lowest BCUT2D eigenvalue weighted by Crippen LogP contribution is -2.33. The van der Waals surface area contributed by atoms with Crippen molar-refractivity contribution in [3.63, 3.8) is 0 Å². The lowest BCUT2D eigenvalue weighted by molar-refractivity contribution is -0.140. The second-order valence-electron chi connectivity index (χ2n) is 6.84. The molecule has 8 heteroatoms. The van der Waals surface area contributed by atoms with Gasteiger partial charge in [0.05, 0.1) is 38.0 Å². The zero-order valence-corrected chi connectivity index (χ0v) is 18.7. The second-order valence-corrected chi connectivity index (χ2v) is 7.76. The van der Waals surface area contributed by atoms with Crippen LogP contribution in [0.2, 0.25) is 0 Å². The quantitative estimate of drug-likeness (QED) is 0.243. The zero-order chi connectivity index (χ0) is 22.4. The maximum absolute atomic E-state index is 12.9. The first-order valence-electron chi connectivity index (χ1n) is 9.93. The van der Waals surface area contributed by atoms with Gasteiger partial charge in [0, 0.05) is 16.6 Å². The van der Waals surface area contributed by atoms with Gasteiger partial charge in [-0.25, -0.2) is 0 Å². The molecule has 1 atom stereocenters. The van der Waals surface area contributed by atoms with Gasteiger partial charge in [-0.3, -0.25) is 9.59 Å². The van der Waals surface area contributed by atoms with Crippen molar-refractivity contribution >= 4 is 33.4 Å². The van der Waals surface area contributed by atoms with E-state index in [0.717, 1.165) is 4.47 Å². The van der Waals surface area contributed by atoms with Crippen LogP contribution in [0.3, 0.4) is 0 Å². The average Bonchev–Trinajstić information content (AvgIpc) is 3.02. The fraction of sp³-hybridized carbons (Fsp3) is 0.304. The maximum atomic E-state index is 12.9. The molecular formula is C23H24BrNO6. The monoisotopic (exact) mass is 489 g/mol. The molecule has 1 amide bonds. The first-order chi connectivity index (χ1) is 15.0. The van der Waals surface area contributed by atoms with Gasteiger partial charge in [0.1, 0.15) is 11.5 Å². The van der Waals surface area contributed by atoms with Gasteiger partial charge in [-0.2, -0.15) is 0 Å². The molecule has 1 unspecified atom stereocenters. The van der Waals surface area contributed by atoms with E-state index in [1.54, 1.807) is 36.4 Å². The number of Topliss-reactive ketones (excluding diaryl/α,β-unsaturated/α-hetero) is 1. The molecule has 2 N–H and O–H groups in total. The van der Waals surface area contributed by atoms with E-state index in [4.69, 9.17) is 14.6 Å². The van der Waals surface area contributed by atoms with E-state index in [9.17, 15) is 14.7 Å². The Morgan fingerprint density at radius 1 is 1.13 bits per heavy atom. The summed E-state index contributed by atoms with van der Waals surface area (Å²) < 4.78 is 11.5. The number of amides is 1. The molecule has 3 rings (SSSR count). The molecule has 1 saturated heterocycles. The van der Waals surface area contributed by atoms with Crippen molar-refractivity contribution < 1.29 is 29.3 Å². The Hall–Kier alpha value is -2.68. The molecule has 31 heavy (non-hydrogen) atoms. The topological polar surface area (TPSA) is 96.3 Å². The third kappa shape index (κ3) is 5.15. The van der Waals surface area contributed by atoms with E-state index < -0.39 is 17.7 Å². The summed E-state index contributed by atoms with van der Waals surface area (Å²) in [5, 5.41) is 19.9. The van der Waals surface area contributed by atoms with Crippen LogP contribution in [0.5, 0.6) is 5.75 Å². The highest BCUT2D eigenvalue weighted by Crippen LogP contribution is 2.40. The number of ether oxygens (including phenoxy) is 2. The van der Waals surface area contributed by atoms with E-state index in [0.29, 0.717) is 23.5 Å². The second kappa shape index (κ2) is 10.6. The number of carbonyl (C=O) groups excluding carboxylic acids is 2. The third-order valence-electron chi connectivity index (χ3n) is 4.86. The smallest absolute Gasteiger partial charge is 0.295 e. The summed E-state index contributed by atoms with van der Waals surface area (Å²) in [4.78, 5) is 27.1. The van der Waals surface area contributed by atoms with Gasteiger partial charge in [0.2, 0.25) is 0 Å². The van der Waals surface area contributed by atoms with Crippen LogP contribution in [0, 0.1) is 0 Å². The van der Waals surface area contributed by atoms with E-state index >= 15 is 0 Å². The van der Waals surface area contributed by atoms with Gasteiger partial charge in [-0.1, -0.05) is 28.1 Å². The average molecular weight is 490 g/mol. The lowest BCUT2D eigenvalue weighted by Gasteiger charge is -2.25. The van der Waals surface area contributed by atoms with Crippen LogP contribution < -0.4 is 4.74 Å². The SMILES string of the molecule is CCOc1ccc(/C(O)=C2\C(=O)C(=O)N(CCOCCO)C2c2cccc(Br)c2)cc1. The summed E-state index contributed by atoms with van der Waals surface area (Å²) >= 11 is 3.42. The van der Waals surface area contributed by atoms with Crippen LogP contribution in [-0.2, 0) is 14.3 Å². The van der Waals surface area contributed by atoms with Crippen LogP contribution in [0.25, 0.3) is 5.76 Å². The van der Waals surface area contributed by atoms with Crippen molar-refractivity contribution in [2.45, 2.75) is 13.0 Å². The molecule has 0 spiro atoms. The van der Waals surface area contributed by atoms with Crippen LogP contribution in [0.4, 0.5) is 0 Å². The minimum Gasteiger partial charge on any atom is -0.507 e. The normalized spacial score (nSPS) is 17.9. The van der Waals surface area contributed by atoms with Gasteiger partial charge in [-0.05, 0) is 48.9 Å². The number of hydrogen-bond acceptors (Lipinski definition) is 6. The van der Waals surface area contributed by atoms with E-state index in [2.05, 4.69) is 15.9 Å². The molecule has 0 saturated carbocycles. The Morgan fingerprint density at radius 2 is 1.87 bits per heavy atom. The van der Waals surface area contributed by atoms with Crippen LogP contribution in [-0.4, -0.2) is 59.8 Å². The molecule has 1 aliphatic heterocycles.